The third-order valence-electron chi connectivity index (χ3n) is 4.57. The molecule has 0 aliphatic carbocycles. The van der Waals surface area contributed by atoms with Crippen LogP contribution < -0.4 is 31.9 Å². The Morgan fingerprint density at radius 3 is 0.938 bits per heavy atom. The summed E-state index contributed by atoms with van der Waals surface area (Å²) in [7, 11) is 0. The fraction of sp³-hybridized carbons (Fsp3) is 0.455. The molecule has 0 radical (unpaired) electrons. The zero-order chi connectivity index (χ0) is 23.0. The van der Waals surface area contributed by atoms with Gasteiger partial charge in [-0.1, -0.05) is 58.5 Å². The third-order valence-corrected chi connectivity index (χ3v) is 5.83. The van der Waals surface area contributed by atoms with E-state index in [9.17, 15) is 0 Å². The van der Waals surface area contributed by atoms with Gasteiger partial charge in [-0.05, 0) is 24.3 Å². The third kappa shape index (κ3) is 10.8. The largest absolute Gasteiger partial charge is 0.381 e. The maximum Gasteiger partial charge on any atom is 0.0719 e. The summed E-state index contributed by atoms with van der Waals surface area (Å²) in [5.41, 5.74) is 1.58. The quantitative estimate of drug-likeness (QED) is 0.175. The van der Waals surface area contributed by atoms with Crippen molar-refractivity contribution in [2.24, 2.45) is 0 Å². The van der Waals surface area contributed by atoms with Gasteiger partial charge >= 0.3 is 0 Å². The molecule has 0 heterocycles. The van der Waals surface area contributed by atoms with Crippen LogP contribution in [0.25, 0.3) is 0 Å². The molecule has 10 heteroatoms. The molecule has 0 spiro atoms. The minimum Gasteiger partial charge on any atom is -0.381 e. The van der Waals surface area contributed by atoms with Gasteiger partial charge in [-0.2, -0.15) is 0 Å². The Kier molecular flexibility index (Phi) is 14.2. The van der Waals surface area contributed by atoms with Crippen LogP contribution in [0.5, 0.6) is 0 Å². The molecule has 0 aliphatic rings. The second kappa shape index (κ2) is 16.6. The molecule has 0 fully saturated rings. The second-order valence-corrected chi connectivity index (χ2v) is 8.68. The Labute approximate surface area is 211 Å². The molecule has 0 atom stereocenters. The van der Waals surface area contributed by atoms with Gasteiger partial charge in [0.1, 0.15) is 0 Å². The molecular weight excluding hydrogens is 490 g/mol. The van der Waals surface area contributed by atoms with Crippen molar-refractivity contribution in [1.29, 1.82) is 0 Å². The van der Waals surface area contributed by atoms with Crippen LogP contribution >= 0.6 is 46.4 Å². The summed E-state index contributed by atoms with van der Waals surface area (Å²) in [6, 6.07) is 11.0. The van der Waals surface area contributed by atoms with E-state index in [-0.39, 0.29) is 0 Å². The van der Waals surface area contributed by atoms with E-state index >= 15 is 0 Å². The monoisotopic (exact) mass is 520 g/mol. The van der Waals surface area contributed by atoms with Gasteiger partial charge in [0.2, 0.25) is 0 Å². The first-order valence-corrected chi connectivity index (χ1v) is 12.3. The van der Waals surface area contributed by atoms with Crippen molar-refractivity contribution in [1.82, 2.24) is 21.3 Å². The zero-order valence-corrected chi connectivity index (χ0v) is 21.1. The number of rotatable bonds is 17. The second-order valence-electron chi connectivity index (χ2n) is 7.05. The first-order valence-electron chi connectivity index (χ1n) is 10.8. The smallest absolute Gasteiger partial charge is 0.0719 e. The lowest BCUT2D eigenvalue weighted by Crippen LogP contribution is -2.36. The molecule has 0 saturated heterocycles. The number of halogens is 4. The van der Waals surface area contributed by atoms with Crippen LogP contribution in [-0.2, 0) is 0 Å². The van der Waals surface area contributed by atoms with E-state index in [0.29, 0.717) is 20.1 Å². The molecule has 6 nitrogen and oxygen atoms in total. The molecule has 0 saturated carbocycles. The first kappa shape index (κ1) is 27.3. The van der Waals surface area contributed by atoms with E-state index in [4.69, 9.17) is 46.4 Å². The van der Waals surface area contributed by atoms with Gasteiger partial charge in [0.25, 0.3) is 0 Å². The van der Waals surface area contributed by atoms with Gasteiger partial charge in [-0.25, -0.2) is 0 Å². The highest BCUT2D eigenvalue weighted by Crippen LogP contribution is 2.30. The number of para-hydroxylation sites is 2. The maximum atomic E-state index is 6.13. The lowest BCUT2D eigenvalue weighted by atomic mass is 10.3. The molecule has 0 aliphatic heterocycles. The fourth-order valence-corrected chi connectivity index (χ4v) is 3.98. The molecule has 2 rings (SSSR count). The Morgan fingerprint density at radius 2 is 0.656 bits per heavy atom. The summed E-state index contributed by atoms with van der Waals surface area (Å²) < 4.78 is 0. The molecular formula is C22H32Cl4N6. The molecule has 0 aromatic heterocycles. The van der Waals surface area contributed by atoms with Crippen LogP contribution in [-0.4, -0.2) is 65.4 Å². The predicted octanol–water partition coefficient (Wildman–Crippen LogP) is 4.18. The van der Waals surface area contributed by atoms with Crippen molar-refractivity contribution in [3.8, 4) is 0 Å². The normalized spacial score (nSPS) is 11.0. The Hall–Kier alpha value is -0.960. The van der Waals surface area contributed by atoms with Gasteiger partial charge in [0.15, 0.2) is 0 Å². The molecule has 0 unspecified atom stereocenters. The van der Waals surface area contributed by atoms with E-state index in [2.05, 4.69) is 31.9 Å². The molecule has 0 bridgehead atoms. The summed E-state index contributed by atoms with van der Waals surface area (Å²) in [4.78, 5) is 0. The Balaban J connectivity index is 1.33. The van der Waals surface area contributed by atoms with Crippen molar-refractivity contribution >= 4 is 57.8 Å². The molecule has 0 amide bonds. The van der Waals surface area contributed by atoms with Crippen LogP contribution in [0.4, 0.5) is 11.4 Å². The van der Waals surface area contributed by atoms with Crippen molar-refractivity contribution in [3.05, 3.63) is 56.5 Å². The zero-order valence-electron chi connectivity index (χ0n) is 18.0. The molecule has 2 aromatic rings. The topological polar surface area (TPSA) is 72.2 Å². The van der Waals surface area contributed by atoms with Crippen LogP contribution in [0.3, 0.4) is 0 Å². The highest BCUT2D eigenvalue weighted by Gasteiger charge is 2.04. The minimum absolute atomic E-state index is 0.639. The molecule has 6 N–H and O–H groups in total. The van der Waals surface area contributed by atoms with Crippen LogP contribution in [0.2, 0.25) is 20.1 Å². The van der Waals surface area contributed by atoms with Gasteiger partial charge in [-0.15, -0.1) is 0 Å². The maximum absolute atomic E-state index is 6.13. The number of hydrogen-bond donors (Lipinski definition) is 6. The predicted molar refractivity (Wildman–Crippen MR) is 141 cm³/mol. The van der Waals surface area contributed by atoms with Crippen LogP contribution in [0, 0.1) is 0 Å². The average Bonchev–Trinajstić information content (AvgIpc) is 2.77. The summed E-state index contributed by atoms with van der Waals surface area (Å²) in [5.74, 6) is 0. The lowest BCUT2D eigenvalue weighted by molar-refractivity contribution is 0.571. The van der Waals surface area contributed by atoms with E-state index in [1.165, 1.54) is 0 Å². The van der Waals surface area contributed by atoms with Gasteiger partial charge < -0.3 is 31.9 Å². The van der Waals surface area contributed by atoms with E-state index in [1.807, 2.05) is 36.4 Å². The number of hydrogen-bond acceptors (Lipinski definition) is 6. The highest BCUT2D eigenvalue weighted by atomic mass is 35.5. The Bertz CT molecular complexity index is 687. The average molecular weight is 522 g/mol. The van der Waals surface area contributed by atoms with E-state index in [0.717, 1.165) is 76.8 Å². The highest BCUT2D eigenvalue weighted by molar-refractivity contribution is 6.39. The van der Waals surface area contributed by atoms with Crippen molar-refractivity contribution in [2.75, 3.05) is 76.1 Å². The molecule has 178 valence electrons. The van der Waals surface area contributed by atoms with Gasteiger partial charge in [-0.3, -0.25) is 0 Å². The molecule has 2 aromatic carbocycles. The van der Waals surface area contributed by atoms with Gasteiger partial charge in [0.05, 0.1) is 31.5 Å². The van der Waals surface area contributed by atoms with E-state index < -0.39 is 0 Å². The van der Waals surface area contributed by atoms with Crippen molar-refractivity contribution < 1.29 is 0 Å². The van der Waals surface area contributed by atoms with Crippen LogP contribution in [0.15, 0.2) is 36.4 Å². The number of anilines is 2. The van der Waals surface area contributed by atoms with Gasteiger partial charge in [0, 0.05) is 65.4 Å². The standard InChI is InChI=1S/C22H32Cl4N6/c23-17-3-1-4-18(24)21(17)31-15-13-29-11-9-27-7-8-28-10-12-30-14-16-32-22-19(25)5-2-6-20(22)26/h1-6,27-32H,7-16H2. The lowest BCUT2D eigenvalue weighted by Gasteiger charge is -2.12. The summed E-state index contributed by atoms with van der Waals surface area (Å²) in [6.07, 6.45) is 0. The number of benzene rings is 2. The molecule has 32 heavy (non-hydrogen) atoms. The summed E-state index contributed by atoms with van der Waals surface area (Å²) >= 11 is 24.5. The van der Waals surface area contributed by atoms with Crippen LogP contribution in [0.1, 0.15) is 0 Å². The Morgan fingerprint density at radius 1 is 0.406 bits per heavy atom. The minimum atomic E-state index is 0.639. The first-order chi connectivity index (χ1) is 15.6. The van der Waals surface area contributed by atoms with Crippen molar-refractivity contribution in [3.63, 3.8) is 0 Å². The van der Waals surface area contributed by atoms with E-state index in [1.54, 1.807) is 0 Å². The summed E-state index contributed by atoms with van der Waals surface area (Å²) in [6.45, 7) is 8.72. The number of nitrogens with one attached hydrogen (secondary N) is 6. The summed E-state index contributed by atoms with van der Waals surface area (Å²) in [5, 5.41) is 22.7. The fourth-order valence-electron chi connectivity index (χ4n) is 2.92. The SMILES string of the molecule is Clc1cccc(Cl)c1NCCNCCNCCNCCNCCNc1c(Cl)cccc1Cl. The van der Waals surface area contributed by atoms with Crippen molar-refractivity contribution in [2.45, 2.75) is 0 Å².